The van der Waals surface area contributed by atoms with Gasteiger partial charge < -0.3 is 34.3 Å². The fourth-order valence-corrected chi connectivity index (χ4v) is 3.08. The average molecular weight is 370 g/mol. The third kappa shape index (κ3) is 5.08. The van der Waals surface area contributed by atoms with Crippen LogP contribution in [0.1, 0.15) is 25.3 Å². The van der Waals surface area contributed by atoms with E-state index in [0.29, 0.717) is 18.1 Å². The zero-order chi connectivity index (χ0) is 19.1. The highest BCUT2D eigenvalue weighted by Gasteiger charge is 2.42. The zero-order valence-corrected chi connectivity index (χ0v) is 15.6. The topological polar surface area (TPSA) is 97.6 Å². The van der Waals surface area contributed by atoms with Crippen LogP contribution in [0.25, 0.3) is 0 Å². The van der Waals surface area contributed by atoms with E-state index in [4.69, 9.17) is 18.9 Å². The lowest BCUT2D eigenvalue weighted by atomic mass is 9.92. The Morgan fingerprint density at radius 1 is 1.04 bits per heavy atom. The van der Waals surface area contributed by atoms with Crippen molar-refractivity contribution in [1.82, 2.24) is 0 Å². The first-order chi connectivity index (χ1) is 12.5. The molecule has 7 nitrogen and oxygen atoms in total. The van der Waals surface area contributed by atoms with E-state index < -0.39 is 24.6 Å². The van der Waals surface area contributed by atoms with Crippen molar-refractivity contribution in [3.8, 4) is 11.5 Å². The van der Waals surface area contributed by atoms with Crippen LogP contribution in [-0.2, 0) is 15.9 Å². The Labute approximate surface area is 154 Å². The summed E-state index contributed by atoms with van der Waals surface area (Å²) in [5.41, 5.74) is 1.16. The van der Waals surface area contributed by atoms with Gasteiger partial charge in [-0.3, -0.25) is 0 Å². The number of hydrogen-bond acceptors (Lipinski definition) is 7. The molecule has 0 amide bonds. The van der Waals surface area contributed by atoms with E-state index in [1.54, 1.807) is 21.1 Å². The van der Waals surface area contributed by atoms with Crippen LogP contribution in [-0.4, -0.2) is 67.4 Å². The standard InChI is InChI=1S/C19H30O7/c1-12-17(21)18(22)16(11-20)26-19(12)25-9-5-4-6-13-7-8-14(23-2)15(10-13)24-3/h7-8,10,12,16-22H,4-6,9,11H2,1-3H3/t12-,16-,17-,18-,19-/m1/s1. The van der Waals surface area contributed by atoms with Crippen molar-refractivity contribution >= 4 is 0 Å². The molecule has 1 heterocycles. The number of hydrogen-bond donors (Lipinski definition) is 3. The normalized spacial score (nSPS) is 28.8. The summed E-state index contributed by atoms with van der Waals surface area (Å²) in [7, 11) is 3.23. The highest BCUT2D eigenvalue weighted by Crippen LogP contribution is 2.29. The number of aliphatic hydroxyl groups is 3. The summed E-state index contributed by atoms with van der Waals surface area (Å²) >= 11 is 0. The van der Waals surface area contributed by atoms with Gasteiger partial charge in [0.2, 0.25) is 0 Å². The van der Waals surface area contributed by atoms with Crippen molar-refractivity contribution in [3.63, 3.8) is 0 Å². The maximum Gasteiger partial charge on any atom is 0.163 e. The molecule has 0 spiro atoms. The lowest BCUT2D eigenvalue weighted by Gasteiger charge is -2.40. The summed E-state index contributed by atoms with van der Waals surface area (Å²) in [6, 6.07) is 5.87. The Hall–Kier alpha value is -1.38. The molecule has 2 rings (SSSR count). The zero-order valence-electron chi connectivity index (χ0n) is 15.6. The van der Waals surface area contributed by atoms with Gasteiger partial charge >= 0.3 is 0 Å². The first-order valence-corrected chi connectivity index (χ1v) is 8.96. The van der Waals surface area contributed by atoms with Crippen LogP contribution in [0.15, 0.2) is 18.2 Å². The molecular weight excluding hydrogens is 340 g/mol. The van der Waals surface area contributed by atoms with Crippen LogP contribution in [0.5, 0.6) is 11.5 Å². The fraction of sp³-hybridized carbons (Fsp3) is 0.684. The van der Waals surface area contributed by atoms with Crippen LogP contribution in [0, 0.1) is 5.92 Å². The molecule has 0 unspecified atom stereocenters. The van der Waals surface area contributed by atoms with Gasteiger partial charge in [0.05, 0.1) is 26.9 Å². The van der Waals surface area contributed by atoms with E-state index in [-0.39, 0.29) is 12.5 Å². The Bertz CT molecular complexity index is 549. The molecule has 1 aromatic rings. The highest BCUT2D eigenvalue weighted by atomic mass is 16.7. The maximum atomic E-state index is 10.0. The molecule has 0 aromatic heterocycles. The van der Waals surface area contributed by atoms with Crippen molar-refractivity contribution in [2.75, 3.05) is 27.4 Å². The summed E-state index contributed by atoms with van der Waals surface area (Å²) < 4.78 is 21.8. The van der Waals surface area contributed by atoms with Gasteiger partial charge in [-0.15, -0.1) is 0 Å². The Morgan fingerprint density at radius 3 is 2.42 bits per heavy atom. The monoisotopic (exact) mass is 370 g/mol. The van der Waals surface area contributed by atoms with E-state index >= 15 is 0 Å². The van der Waals surface area contributed by atoms with Gasteiger partial charge in [0, 0.05) is 12.5 Å². The third-order valence-electron chi connectivity index (χ3n) is 4.78. The second-order valence-corrected chi connectivity index (χ2v) is 6.58. The number of aryl methyl sites for hydroxylation is 1. The third-order valence-corrected chi connectivity index (χ3v) is 4.78. The molecular formula is C19H30O7. The number of methoxy groups -OCH3 is 2. The molecule has 3 N–H and O–H groups in total. The van der Waals surface area contributed by atoms with Crippen molar-refractivity contribution in [3.05, 3.63) is 23.8 Å². The molecule has 7 heteroatoms. The predicted octanol–water partition coefficient (Wildman–Crippen LogP) is 1.12. The highest BCUT2D eigenvalue weighted by molar-refractivity contribution is 5.42. The first kappa shape index (κ1) is 20.9. The average Bonchev–Trinajstić information content (AvgIpc) is 2.67. The summed E-state index contributed by atoms with van der Waals surface area (Å²) in [5, 5.41) is 29.1. The quantitative estimate of drug-likeness (QED) is 0.560. The molecule has 1 aliphatic rings. The number of rotatable bonds is 9. The Balaban J connectivity index is 1.75. The smallest absolute Gasteiger partial charge is 0.163 e. The lowest BCUT2D eigenvalue weighted by Crippen LogP contribution is -2.55. The maximum absolute atomic E-state index is 10.0. The van der Waals surface area contributed by atoms with Crippen molar-refractivity contribution in [2.45, 2.75) is 50.8 Å². The lowest BCUT2D eigenvalue weighted by molar-refractivity contribution is -0.282. The molecule has 1 saturated heterocycles. The summed E-state index contributed by atoms with van der Waals surface area (Å²) in [5.74, 6) is 1.06. The second-order valence-electron chi connectivity index (χ2n) is 6.58. The molecule has 1 aliphatic heterocycles. The predicted molar refractivity (Wildman–Crippen MR) is 95.4 cm³/mol. The van der Waals surface area contributed by atoms with Gasteiger partial charge in [-0.2, -0.15) is 0 Å². The van der Waals surface area contributed by atoms with E-state index in [9.17, 15) is 15.3 Å². The minimum Gasteiger partial charge on any atom is -0.493 e. The van der Waals surface area contributed by atoms with Crippen molar-refractivity contribution < 1.29 is 34.3 Å². The summed E-state index contributed by atoms with van der Waals surface area (Å²) in [6.45, 7) is 1.88. The minimum atomic E-state index is -1.10. The van der Waals surface area contributed by atoms with Gasteiger partial charge in [0.25, 0.3) is 0 Å². The molecule has 5 atom stereocenters. The number of aliphatic hydroxyl groups excluding tert-OH is 3. The van der Waals surface area contributed by atoms with Gasteiger partial charge in [-0.1, -0.05) is 13.0 Å². The second kappa shape index (κ2) is 10.1. The van der Waals surface area contributed by atoms with Crippen LogP contribution >= 0.6 is 0 Å². The first-order valence-electron chi connectivity index (χ1n) is 8.96. The van der Waals surface area contributed by atoms with Crippen LogP contribution in [0.3, 0.4) is 0 Å². The van der Waals surface area contributed by atoms with E-state index in [1.165, 1.54) is 0 Å². The minimum absolute atomic E-state index is 0.357. The molecule has 1 aromatic carbocycles. The largest absolute Gasteiger partial charge is 0.493 e. The van der Waals surface area contributed by atoms with Crippen LogP contribution in [0.2, 0.25) is 0 Å². The number of unbranched alkanes of at least 4 members (excludes halogenated alkanes) is 1. The SMILES string of the molecule is COc1ccc(CCCCO[C@@H]2O[C@H](CO)[C@@H](O)[C@H](O)[C@H]2C)cc1OC. The molecule has 0 bridgehead atoms. The number of benzene rings is 1. The van der Waals surface area contributed by atoms with E-state index in [1.807, 2.05) is 18.2 Å². The number of ether oxygens (including phenoxy) is 4. The van der Waals surface area contributed by atoms with E-state index in [0.717, 1.165) is 24.8 Å². The Kier molecular flexibility index (Phi) is 8.12. The molecule has 0 radical (unpaired) electrons. The van der Waals surface area contributed by atoms with Crippen LogP contribution < -0.4 is 9.47 Å². The van der Waals surface area contributed by atoms with Gasteiger partial charge in [0.15, 0.2) is 17.8 Å². The molecule has 0 aliphatic carbocycles. The van der Waals surface area contributed by atoms with Crippen molar-refractivity contribution in [2.24, 2.45) is 5.92 Å². The molecule has 148 valence electrons. The van der Waals surface area contributed by atoms with Gasteiger partial charge in [-0.05, 0) is 37.0 Å². The Morgan fingerprint density at radius 2 is 1.77 bits per heavy atom. The summed E-state index contributed by atoms with van der Waals surface area (Å²) in [4.78, 5) is 0. The van der Waals surface area contributed by atoms with Crippen molar-refractivity contribution in [1.29, 1.82) is 0 Å². The molecule has 1 fully saturated rings. The van der Waals surface area contributed by atoms with E-state index in [2.05, 4.69) is 0 Å². The summed E-state index contributed by atoms with van der Waals surface area (Å²) in [6.07, 6.45) is -0.901. The molecule has 26 heavy (non-hydrogen) atoms. The molecule has 0 saturated carbocycles. The van der Waals surface area contributed by atoms with Crippen LogP contribution in [0.4, 0.5) is 0 Å². The van der Waals surface area contributed by atoms with Gasteiger partial charge in [-0.25, -0.2) is 0 Å². The van der Waals surface area contributed by atoms with Gasteiger partial charge in [0.1, 0.15) is 12.2 Å². The fourth-order valence-electron chi connectivity index (χ4n) is 3.08.